The summed E-state index contributed by atoms with van der Waals surface area (Å²) in [6.45, 7) is 6.43. The van der Waals surface area contributed by atoms with Crippen molar-refractivity contribution in [3.8, 4) is 0 Å². The number of aryl methyl sites for hydroxylation is 2. The molecule has 0 aliphatic heterocycles. The Labute approximate surface area is 136 Å². The lowest BCUT2D eigenvalue weighted by Gasteiger charge is -2.09. The summed E-state index contributed by atoms with van der Waals surface area (Å²) in [5, 5.41) is 0.953. The van der Waals surface area contributed by atoms with Crippen LogP contribution in [-0.4, -0.2) is 26.5 Å². The first kappa shape index (κ1) is 17.7. The Kier molecular flexibility index (Phi) is 5.56. The molecule has 0 unspecified atom stereocenters. The summed E-state index contributed by atoms with van der Waals surface area (Å²) >= 11 is 0. The molecular weight excluding hydrogens is 314 g/mol. The van der Waals surface area contributed by atoms with Crippen LogP contribution in [0.15, 0.2) is 23.0 Å². The van der Waals surface area contributed by atoms with Crippen LogP contribution in [-0.2, 0) is 16.6 Å². The van der Waals surface area contributed by atoms with Gasteiger partial charge in [-0.05, 0) is 49.3 Å². The maximum Gasteiger partial charge on any atom is 0.276 e. The van der Waals surface area contributed by atoms with Gasteiger partial charge >= 0.3 is 0 Å². The van der Waals surface area contributed by atoms with Crippen LogP contribution in [0.4, 0.5) is 0 Å². The van der Waals surface area contributed by atoms with Gasteiger partial charge in [-0.2, -0.15) is 8.42 Å². The predicted molar refractivity (Wildman–Crippen MR) is 93.0 cm³/mol. The summed E-state index contributed by atoms with van der Waals surface area (Å²) < 4.78 is 28.2. The molecule has 0 aliphatic rings. The van der Waals surface area contributed by atoms with Crippen molar-refractivity contribution in [2.45, 2.75) is 33.6 Å². The fraction of sp³-hybridized carbons (Fsp3) is 0.438. The minimum Gasteiger partial charge on any atom is -0.321 e. The maximum atomic E-state index is 12.2. The van der Waals surface area contributed by atoms with Gasteiger partial charge in [-0.25, -0.2) is 9.44 Å². The lowest BCUT2D eigenvalue weighted by atomic mass is 10.0. The van der Waals surface area contributed by atoms with E-state index in [2.05, 4.69) is 14.4 Å². The zero-order chi connectivity index (χ0) is 17.0. The van der Waals surface area contributed by atoms with E-state index in [9.17, 15) is 13.2 Å². The highest BCUT2D eigenvalue weighted by Gasteiger charge is 2.10. The standard InChI is InChI=1S/C16H23N3O3S/c1-4-8-17-23(21,22)18-9-7-14-10-13-6-5-11(2)12(3)15(13)19-16(14)20/h5-6,10,17-18H,4,7-9H2,1-3H3,(H,19,20). The van der Waals surface area contributed by atoms with Crippen molar-refractivity contribution in [3.63, 3.8) is 0 Å². The van der Waals surface area contributed by atoms with Gasteiger partial charge < -0.3 is 4.98 Å². The third-order valence-corrected chi connectivity index (χ3v) is 5.02. The molecule has 0 saturated heterocycles. The lowest BCUT2D eigenvalue weighted by molar-refractivity contribution is 0.565. The molecule has 7 heteroatoms. The second-order valence-corrected chi connectivity index (χ2v) is 7.22. The molecule has 23 heavy (non-hydrogen) atoms. The first-order chi connectivity index (χ1) is 10.8. The van der Waals surface area contributed by atoms with Gasteiger partial charge in [-0.3, -0.25) is 4.79 Å². The molecule has 0 fully saturated rings. The number of nitrogens with one attached hydrogen (secondary N) is 3. The molecule has 1 aromatic carbocycles. The summed E-state index contributed by atoms with van der Waals surface area (Å²) in [4.78, 5) is 15.1. The van der Waals surface area contributed by atoms with E-state index in [0.29, 0.717) is 18.5 Å². The number of hydrogen-bond acceptors (Lipinski definition) is 3. The number of aromatic nitrogens is 1. The van der Waals surface area contributed by atoms with Crippen LogP contribution in [0.1, 0.15) is 30.0 Å². The molecule has 126 valence electrons. The minimum atomic E-state index is -3.49. The highest BCUT2D eigenvalue weighted by molar-refractivity contribution is 7.87. The average Bonchev–Trinajstić information content (AvgIpc) is 2.50. The number of H-pyrrole nitrogens is 1. The third kappa shape index (κ3) is 4.40. The highest BCUT2D eigenvalue weighted by atomic mass is 32.2. The molecule has 0 saturated carbocycles. The summed E-state index contributed by atoms with van der Waals surface area (Å²) in [6, 6.07) is 5.80. The topological polar surface area (TPSA) is 91.1 Å². The van der Waals surface area contributed by atoms with Gasteiger partial charge in [0.05, 0.1) is 5.52 Å². The predicted octanol–water partition coefficient (Wildman–Crippen LogP) is 1.52. The zero-order valence-electron chi connectivity index (χ0n) is 13.7. The van der Waals surface area contributed by atoms with Crippen molar-refractivity contribution in [2.75, 3.05) is 13.1 Å². The number of hydrogen-bond donors (Lipinski definition) is 3. The van der Waals surface area contributed by atoms with Crippen molar-refractivity contribution in [1.29, 1.82) is 0 Å². The quantitative estimate of drug-likeness (QED) is 0.715. The van der Waals surface area contributed by atoms with Crippen LogP contribution in [0.25, 0.3) is 10.9 Å². The molecule has 3 N–H and O–H groups in total. The summed E-state index contributed by atoms with van der Waals surface area (Å²) in [7, 11) is -3.49. The van der Waals surface area contributed by atoms with E-state index in [1.54, 1.807) is 0 Å². The van der Waals surface area contributed by atoms with Crippen molar-refractivity contribution in [2.24, 2.45) is 0 Å². The van der Waals surface area contributed by atoms with Crippen LogP contribution in [0.3, 0.4) is 0 Å². The first-order valence-corrected chi connectivity index (χ1v) is 9.18. The molecule has 0 spiro atoms. The molecule has 1 heterocycles. The Morgan fingerprint density at radius 2 is 1.83 bits per heavy atom. The van der Waals surface area contributed by atoms with Crippen LogP contribution < -0.4 is 15.0 Å². The molecule has 1 aromatic heterocycles. The number of rotatable bonds is 7. The van der Waals surface area contributed by atoms with Gasteiger partial charge in [0.25, 0.3) is 15.8 Å². The van der Waals surface area contributed by atoms with Crippen molar-refractivity contribution in [1.82, 2.24) is 14.4 Å². The van der Waals surface area contributed by atoms with Crippen LogP contribution in [0.2, 0.25) is 0 Å². The van der Waals surface area contributed by atoms with E-state index in [1.807, 2.05) is 39.0 Å². The molecule has 0 radical (unpaired) electrons. The van der Waals surface area contributed by atoms with Gasteiger partial charge in [-0.1, -0.05) is 19.1 Å². The average molecular weight is 337 g/mol. The van der Waals surface area contributed by atoms with E-state index < -0.39 is 10.2 Å². The monoisotopic (exact) mass is 337 g/mol. The van der Waals surface area contributed by atoms with Gasteiger partial charge in [0, 0.05) is 18.7 Å². The first-order valence-electron chi connectivity index (χ1n) is 7.70. The van der Waals surface area contributed by atoms with Crippen molar-refractivity contribution in [3.05, 3.63) is 45.2 Å². The second kappa shape index (κ2) is 7.25. The normalized spacial score (nSPS) is 12.0. The fourth-order valence-electron chi connectivity index (χ4n) is 2.36. The molecule has 0 amide bonds. The van der Waals surface area contributed by atoms with E-state index in [0.717, 1.165) is 28.5 Å². The largest absolute Gasteiger partial charge is 0.321 e. The molecule has 0 atom stereocenters. The Hall–Kier alpha value is -1.70. The van der Waals surface area contributed by atoms with Crippen LogP contribution in [0.5, 0.6) is 0 Å². The Morgan fingerprint density at radius 3 is 2.52 bits per heavy atom. The maximum absolute atomic E-state index is 12.2. The SMILES string of the molecule is CCCNS(=O)(=O)NCCc1cc2ccc(C)c(C)c2[nH]c1=O. The molecule has 0 bridgehead atoms. The third-order valence-electron chi connectivity index (χ3n) is 3.86. The Balaban J connectivity index is 2.14. The summed E-state index contributed by atoms with van der Waals surface area (Å²) in [6.07, 6.45) is 1.06. The number of aromatic amines is 1. The van der Waals surface area contributed by atoms with Crippen LogP contribution >= 0.6 is 0 Å². The van der Waals surface area contributed by atoms with E-state index >= 15 is 0 Å². The van der Waals surface area contributed by atoms with Gasteiger partial charge in [0.1, 0.15) is 0 Å². The molecule has 2 aromatic rings. The van der Waals surface area contributed by atoms with Crippen LogP contribution in [0, 0.1) is 13.8 Å². The minimum absolute atomic E-state index is 0.174. The lowest BCUT2D eigenvalue weighted by Crippen LogP contribution is -2.38. The fourth-order valence-corrected chi connectivity index (χ4v) is 3.31. The zero-order valence-corrected chi connectivity index (χ0v) is 14.5. The molecular formula is C16H23N3O3S. The van der Waals surface area contributed by atoms with Crippen molar-refractivity contribution >= 4 is 21.1 Å². The van der Waals surface area contributed by atoms with Crippen molar-refractivity contribution < 1.29 is 8.42 Å². The smallest absolute Gasteiger partial charge is 0.276 e. The second-order valence-electron chi connectivity index (χ2n) is 5.64. The molecule has 6 nitrogen and oxygen atoms in total. The van der Waals surface area contributed by atoms with E-state index in [-0.39, 0.29) is 12.1 Å². The summed E-state index contributed by atoms with van der Waals surface area (Å²) in [5.74, 6) is 0. The Bertz CT molecular complexity index is 857. The van der Waals surface area contributed by atoms with Gasteiger partial charge in [0.15, 0.2) is 0 Å². The number of benzene rings is 1. The molecule has 2 rings (SSSR count). The Morgan fingerprint density at radius 1 is 1.13 bits per heavy atom. The van der Waals surface area contributed by atoms with Gasteiger partial charge in [0.2, 0.25) is 0 Å². The molecule has 0 aliphatic carbocycles. The summed E-state index contributed by atoms with van der Waals surface area (Å²) in [5.41, 5.74) is 3.40. The number of fused-ring (bicyclic) bond motifs is 1. The van der Waals surface area contributed by atoms with E-state index in [4.69, 9.17) is 0 Å². The van der Waals surface area contributed by atoms with E-state index in [1.165, 1.54) is 0 Å². The number of pyridine rings is 1. The highest BCUT2D eigenvalue weighted by Crippen LogP contribution is 2.18. The van der Waals surface area contributed by atoms with Gasteiger partial charge in [-0.15, -0.1) is 0 Å².